The molecule has 0 aliphatic carbocycles. The highest BCUT2D eigenvalue weighted by Gasteiger charge is 2.53. The van der Waals surface area contributed by atoms with E-state index in [4.69, 9.17) is 36.1 Å². The zero-order valence-electron chi connectivity index (χ0n) is 16.7. The normalized spacial score (nSPS) is 25.8. The first-order valence-electron chi connectivity index (χ1n) is 9.43. The number of aliphatic imine (C=N–C) groups is 1. The topological polar surface area (TPSA) is 88.2 Å². The first-order valence-corrected chi connectivity index (χ1v) is 9.81. The molecule has 2 N–H and O–H groups in total. The van der Waals surface area contributed by atoms with E-state index in [1.54, 1.807) is 12.3 Å². The van der Waals surface area contributed by atoms with Gasteiger partial charge >= 0.3 is 7.12 Å². The SMILES string of the molecule is CC1(C)OB(c2ccc3c(c2)[C@@]2(COC(N)=N2)c2cc(Cl)ncc2O3)OC1(C)C. The highest BCUT2D eigenvalue weighted by atomic mass is 35.5. The van der Waals surface area contributed by atoms with E-state index in [-0.39, 0.29) is 12.6 Å². The summed E-state index contributed by atoms with van der Waals surface area (Å²) in [4.78, 5) is 8.78. The van der Waals surface area contributed by atoms with E-state index in [9.17, 15) is 0 Å². The molecule has 3 aliphatic rings. The number of halogens is 1. The quantitative estimate of drug-likeness (QED) is 0.571. The van der Waals surface area contributed by atoms with E-state index < -0.39 is 23.9 Å². The van der Waals surface area contributed by atoms with Crippen molar-refractivity contribution in [2.45, 2.75) is 44.4 Å². The maximum absolute atomic E-state index is 6.22. The zero-order chi connectivity index (χ0) is 20.6. The highest BCUT2D eigenvalue weighted by Crippen LogP contribution is 2.50. The van der Waals surface area contributed by atoms with E-state index >= 15 is 0 Å². The van der Waals surface area contributed by atoms with Crippen molar-refractivity contribution < 1.29 is 18.8 Å². The lowest BCUT2D eigenvalue weighted by atomic mass is 9.74. The summed E-state index contributed by atoms with van der Waals surface area (Å²) in [6.45, 7) is 8.34. The Morgan fingerprint density at radius 3 is 2.38 bits per heavy atom. The van der Waals surface area contributed by atoms with Gasteiger partial charge in [-0.3, -0.25) is 0 Å². The third kappa shape index (κ3) is 2.66. The Morgan fingerprint density at radius 1 is 1.03 bits per heavy atom. The Hall–Kier alpha value is -2.29. The van der Waals surface area contributed by atoms with Crippen LogP contribution in [0.4, 0.5) is 0 Å². The lowest BCUT2D eigenvalue weighted by Crippen LogP contribution is -2.41. The van der Waals surface area contributed by atoms with Gasteiger partial charge in [-0.25, -0.2) is 9.98 Å². The standard InChI is InChI=1S/C20H21BClN3O4/c1-18(2)19(3,4)29-21(28-18)11-5-6-14-12(7-11)20(10-26-17(23)25-20)13-8-16(22)24-9-15(13)27-14/h5-9H,10H2,1-4H3,(H2,23,25)/t20-/m0/s1. The van der Waals surface area contributed by atoms with E-state index in [0.717, 1.165) is 16.6 Å². The number of rotatable bonds is 1. The summed E-state index contributed by atoms with van der Waals surface area (Å²) in [6.07, 6.45) is 1.59. The van der Waals surface area contributed by atoms with Crippen LogP contribution in [0.25, 0.3) is 0 Å². The monoisotopic (exact) mass is 413 g/mol. The van der Waals surface area contributed by atoms with Crippen LogP contribution < -0.4 is 15.9 Å². The minimum atomic E-state index is -0.862. The number of hydrogen-bond acceptors (Lipinski definition) is 7. The summed E-state index contributed by atoms with van der Waals surface area (Å²) in [5.74, 6) is 1.23. The van der Waals surface area contributed by atoms with E-state index in [0.29, 0.717) is 16.7 Å². The fourth-order valence-electron chi connectivity index (χ4n) is 3.88. The first kappa shape index (κ1) is 18.7. The van der Waals surface area contributed by atoms with E-state index in [1.807, 2.05) is 45.9 Å². The van der Waals surface area contributed by atoms with Gasteiger partial charge in [-0.05, 0) is 45.3 Å². The molecule has 0 bridgehead atoms. The van der Waals surface area contributed by atoms with Gasteiger partial charge in [0.25, 0.3) is 6.02 Å². The van der Waals surface area contributed by atoms with E-state index in [1.165, 1.54) is 0 Å². The minimum absolute atomic E-state index is 0.123. The molecular formula is C20H21BClN3O4. The number of nitrogens with two attached hydrogens (primary N) is 1. The van der Waals surface area contributed by atoms with E-state index in [2.05, 4.69) is 9.98 Å². The molecule has 1 atom stereocenters. The third-order valence-corrected chi connectivity index (χ3v) is 6.41. The molecule has 0 unspecified atom stereocenters. The van der Waals surface area contributed by atoms with Crippen molar-refractivity contribution >= 4 is 30.2 Å². The van der Waals surface area contributed by atoms with Crippen LogP contribution in [0.3, 0.4) is 0 Å². The molecule has 0 radical (unpaired) electrons. The van der Waals surface area contributed by atoms with Crippen molar-refractivity contribution in [1.29, 1.82) is 0 Å². The van der Waals surface area contributed by atoms with Gasteiger partial charge in [0.05, 0.1) is 17.4 Å². The second kappa shape index (κ2) is 5.87. The lowest BCUT2D eigenvalue weighted by Gasteiger charge is -2.33. The van der Waals surface area contributed by atoms with Crippen LogP contribution in [0.2, 0.25) is 5.15 Å². The van der Waals surface area contributed by atoms with Gasteiger partial charge in [0, 0.05) is 11.1 Å². The van der Waals surface area contributed by atoms with Crippen molar-refractivity contribution in [1.82, 2.24) is 4.98 Å². The maximum atomic E-state index is 6.22. The molecule has 5 rings (SSSR count). The van der Waals surface area contributed by atoms with Crippen molar-refractivity contribution in [2.75, 3.05) is 6.61 Å². The van der Waals surface area contributed by atoms with Gasteiger partial charge in [0.1, 0.15) is 17.5 Å². The summed E-state index contributed by atoms with van der Waals surface area (Å²) < 4.78 is 24.1. The number of fused-ring (bicyclic) bond motifs is 4. The van der Waals surface area contributed by atoms with Gasteiger partial charge in [-0.15, -0.1) is 0 Å². The van der Waals surface area contributed by atoms with Crippen LogP contribution in [0, 0.1) is 0 Å². The van der Waals surface area contributed by atoms with Crippen LogP contribution in [-0.2, 0) is 19.6 Å². The fraction of sp³-hybridized carbons (Fsp3) is 0.400. The molecule has 29 heavy (non-hydrogen) atoms. The summed E-state index contributed by atoms with van der Waals surface area (Å²) in [5, 5.41) is 0.345. The number of amidine groups is 1. The lowest BCUT2D eigenvalue weighted by molar-refractivity contribution is 0.00578. The second-order valence-electron chi connectivity index (χ2n) is 8.55. The number of ether oxygens (including phenoxy) is 2. The molecule has 2 aromatic rings. The Morgan fingerprint density at radius 2 is 1.72 bits per heavy atom. The molecular weight excluding hydrogens is 393 g/mol. The molecule has 3 aliphatic heterocycles. The molecule has 1 aromatic carbocycles. The number of aromatic nitrogens is 1. The molecule has 7 nitrogen and oxygen atoms in total. The molecule has 1 fully saturated rings. The maximum Gasteiger partial charge on any atom is 0.494 e. The zero-order valence-corrected chi connectivity index (χ0v) is 17.4. The predicted molar refractivity (Wildman–Crippen MR) is 110 cm³/mol. The Bertz CT molecular complexity index is 1040. The van der Waals surface area contributed by atoms with Crippen LogP contribution in [0.15, 0.2) is 35.5 Å². The summed E-state index contributed by atoms with van der Waals surface area (Å²) in [5.41, 5.74) is 6.63. The Balaban J connectivity index is 1.65. The number of hydrogen-bond donors (Lipinski definition) is 1. The fourth-order valence-corrected chi connectivity index (χ4v) is 4.04. The summed E-state index contributed by atoms with van der Waals surface area (Å²) >= 11 is 6.17. The number of nitrogens with zero attached hydrogens (tertiary/aromatic N) is 2. The molecule has 150 valence electrons. The molecule has 4 heterocycles. The van der Waals surface area contributed by atoms with Crippen LogP contribution in [0.1, 0.15) is 38.8 Å². The molecule has 1 spiro atoms. The van der Waals surface area contributed by atoms with Gasteiger partial charge in [-0.1, -0.05) is 23.7 Å². The molecule has 1 saturated heterocycles. The van der Waals surface area contributed by atoms with Gasteiger partial charge in [0.2, 0.25) is 0 Å². The van der Waals surface area contributed by atoms with Gasteiger partial charge in [-0.2, -0.15) is 0 Å². The predicted octanol–water partition coefficient (Wildman–Crippen LogP) is 2.73. The van der Waals surface area contributed by atoms with Crippen molar-refractivity contribution in [2.24, 2.45) is 10.7 Å². The van der Waals surface area contributed by atoms with Crippen molar-refractivity contribution in [3.63, 3.8) is 0 Å². The number of pyridine rings is 1. The van der Waals surface area contributed by atoms with Crippen LogP contribution >= 0.6 is 11.6 Å². The summed E-state index contributed by atoms with van der Waals surface area (Å²) in [6, 6.07) is 7.68. The van der Waals surface area contributed by atoms with Gasteiger partial charge < -0.3 is 24.5 Å². The molecule has 9 heteroatoms. The average molecular weight is 414 g/mol. The van der Waals surface area contributed by atoms with Crippen molar-refractivity contribution in [3.05, 3.63) is 46.7 Å². The highest BCUT2D eigenvalue weighted by molar-refractivity contribution is 6.62. The summed E-state index contributed by atoms with van der Waals surface area (Å²) in [7, 11) is -0.506. The smallest absolute Gasteiger partial charge is 0.462 e. The molecule has 0 saturated carbocycles. The number of benzene rings is 1. The Labute approximate surface area is 174 Å². The van der Waals surface area contributed by atoms with Gasteiger partial charge in [0.15, 0.2) is 11.3 Å². The van der Waals surface area contributed by atoms with Crippen LogP contribution in [-0.4, -0.2) is 35.9 Å². The average Bonchev–Trinajstić information content (AvgIpc) is 3.13. The minimum Gasteiger partial charge on any atom is -0.462 e. The van der Waals surface area contributed by atoms with Crippen molar-refractivity contribution in [3.8, 4) is 11.5 Å². The van der Waals surface area contributed by atoms with Crippen LogP contribution in [0.5, 0.6) is 11.5 Å². The first-order chi connectivity index (χ1) is 13.6. The second-order valence-corrected chi connectivity index (χ2v) is 8.94. The molecule has 0 amide bonds. The third-order valence-electron chi connectivity index (χ3n) is 6.20. The largest absolute Gasteiger partial charge is 0.494 e. The Kier molecular flexibility index (Phi) is 3.79. The molecule has 1 aromatic heterocycles.